The highest BCUT2D eigenvalue weighted by atomic mass is 35.5. The summed E-state index contributed by atoms with van der Waals surface area (Å²) in [5.74, 6) is 0.833. The lowest BCUT2D eigenvalue weighted by Crippen LogP contribution is -2.42. The molecule has 146 valence electrons. The van der Waals surface area contributed by atoms with Gasteiger partial charge in [-0.3, -0.25) is 14.7 Å². The zero-order valence-electron chi connectivity index (χ0n) is 15.3. The Balaban J connectivity index is 1.52. The van der Waals surface area contributed by atoms with Gasteiger partial charge in [0.15, 0.2) is 5.75 Å². The van der Waals surface area contributed by atoms with Crippen molar-refractivity contribution in [3.8, 4) is 11.5 Å². The number of ether oxygens (including phenoxy) is 1. The van der Waals surface area contributed by atoms with Crippen LogP contribution < -0.4 is 20.3 Å². The second-order valence-electron chi connectivity index (χ2n) is 6.35. The number of para-hydroxylation sites is 1. The third kappa shape index (κ3) is 4.30. The molecule has 3 aromatic rings. The third-order valence-electron chi connectivity index (χ3n) is 4.34. The van der Waals surface area contributed by atoms with E-state index in [-0.39, 0.29) is 19.0 Å². The summed E-state index contributed by atoms with van der Waals surface area (Å²) in [6.07, 6.45) is 3.15. The number of carbonyl (C=O) groups is 2. The monoisotopic (exact) mass is 408 g/mol. The van der Waals surface area contributed by atoms with Gasteiger partial charge in [-0.15, -0.1) is 0 Å². The van der Waals surface area contributed by atoms with Crippen molar-refractivity contribution in [2.75, 3.05) is 16.8 Å². The highest BCUT2D eigenvalue weighted by Crippen LogP contribution is 2.40. The highest BCUT2D eigenvalue weighted by molar-refractivity contribution is 6.31. The first kappa shape index (κ1) is 18.8. The van der Waals surface area contributed by atoms with Crippen LogP contribution in [0.5, 0.6) is 11.5 Å². The molecule has 0 fully saturated rings. The number of benzene rings is 2. The Morgan fingerprint density at radius 3 is 2.69 bits per heavy atom. The molecule has 0 radical (unpaired) electrons. The molecule has 0 unspecified atom stereocenters. The molecule has 29 heavy (non-hydrogen) atoms. The number of nitrogens with zero attached hydrogens (tertiary/aromatic N) is 2. The van der Waals surface area contributed by atoms with Crippen molar-refractivity contribution in [1.82, 2.24) is 10.3 Å². The van der Waals surface area contributed by atoms with Crippen LogP contribution in [0.15, 0.2) is 67.0 Å². The van der Waals surface area contributed by atoms with Gasteiger partial charge < -0.3 is 15.4 Å². The Kier molecular flexibility index (Phi) is 5.31. The Labute approximate surface area is 172 Å². The molecule has 0 aliphatic carbocycles. The number of rotatable bonds is 3. The number of urea groups is 1. The van der Waals surface area contributed by atoms with E-state index in [2.05, 4.69) is 15.6 Å². The number of carbonyl (C=O) groups excluding carboxylic acids is 2. The van der Waals surface area contributed by atoms with Crippen LogP contribution in [0.2, 0.25) is 5.02 Å². The van der Waals surface area contributed by atoms with Gasteiger partial charge in [-0.25, -0.2) is 4.79 Å². The summed E-state index contributed by atoms with van der Waals surface area (Å²) in [5, 5.41) is 5.83. The van der Waals surface area contributed by atoms with E-state index in [0.717, 1.165) is 5.56 Å². The molecular weight excluding hydrogens is 392 g/mol. The van der Waals surface area contributed by atoms with Gasteiger partial charge in [-0.2, -0.15) is 0 Å². The van der Waals surface area contributed by atoms with E-state index in [4.69, 9.17) is 16.3 Å². The fraction of sp³-hybridized carbons (Fsp3) is 0.0952. The van der Waals surface area contributed by atoms with Crippen LogP contribution in [-0.2, 0) is 11.3 Å². The summed E-state index contributed by atoms with van der Waals surface area (Å²) < 4.78 is 5.98. The quantitative estimate of drug-likeness (QED) is 0.680. The van der Waals surface area contributed by atoms with Gasteiger partial charge in [0, 0.05) is 28.7 Å². The largest absolute Gasteiger partial charge is 0.455 e. The van der Waals surface area contributed by atoms with Crippen LogP contribution in [0.1, 0.15) is 5.56 Å². The molecule has 2 aromatic carbocycles. The number of anilines is 2. The molecule has 4 rings (SSSR count). The lowest BCUT2D eigenvalue weighted by Gasteiger charge is -2.22. The first-order valence-electron chi connectivity index (χ1n) is 8.91. The molecular formula is C21H17ClN4O3. The lowest BCUT2D eigenvalue weighted by molar-refractivity contribution is -0.115. The average molecular weight is 409 g/mol. The molecule has 2 N–H and O–H groups in total. The molecule has 0 atom stereocenters. The molecule has 0 saturated carbocycles. The van der Waals surface area contributed by atoms with E-state index in [1.54, 1.807) is 42.7 Å². The maximum absolute atomic E-state index is 12.9. The van der Waals surface area contributed by atoms with Crippen molar-refractivity contribution in [3.05, 3.63) is 77.6 Å². The number of fused-ring (bicyclic) bond motifs is 2. The number of aromatic nitrogens is 1. The third-order valence-corrected chi connectivity index (χ3v) is 4.58. The van der Waals surface area contributed by atoms with E-state index >= 15 is 0 Å². The molecule has 7 nitrogen and oxygen atoms in total. The van der Waals surface area contributed by atoms with Crippen molar-refractivity contribution in [2.45, 2.75) is 6.54 Å². The van der Waals surface area contributed by atoms with Crippen LogP contribution in [0, 0.1) is 0 Å². The summed E-state index contributed by atoms with van der Waals surface area (Å²) in [5.41, 5.74) is 1.98. The van der Waals surface area contributed by atoms with E-state index < -0.39 is 6.03 Å². The van der Waals surface area contributed by atoms with Gasteiger partial charge in [-0.05, 0) is 36.4 Å². The van der Waals surface area contributed by atoms with Crippen LogP contribution in [-0.4, -0.2) is 23.5 Å². The maximum atomic E-state index is 12.9. The van der Waals surface area contributed by atoms with Crippen molar-refractivity contribution < 1.29 is 14.3 Å². The van der Waals surface area contributed by atoms with E-state index in [0.29, 0.717) is 27.9 Å². The Bertz CT molecular complexity index is 1060. The summed E-state index contributed by atoms with van der Waals surface area (Å²) in [4.78, 5) is 30.5. The van der Waals surface area contributed by atoms with Gasteiger partial charge in [0.1, 0.15) is 5.75 Å². The van der Waals surface area contributed by atoms with Crippen LogP contribution in [0.25, 0.3) is 0 Å². The van der Waals surface area contributed by atoms with Gasteiger partial charge >= 0.3 is 6.03 Å². The molecule has 0 bridgehead atoms. The minimum absolute atomic E-state index is 0.184. The minimum atomic E-state index is -0.432. The van der Waals surface area contributed by atoms with Crippen molar-refractivity contribution in [2.24, 2.45) is 0 Å². The predicted octanol–water partition coefficient (Wildman–Crippen LogP) is 4.20. The smallest absolute Gasteiger partial charge is 0.322 e. The Morgan fingerprint density at radius 1 is 1.07 bits per heavy atom. The van der Waals surface area contributed by atoms with Gasteiger partial charge in [-0.1, -0.05) is 29.8 Å². The number of hydrogen-bond acceptors (Lipinski definition) is 4. The summed E-state index contributed by atoms with van der Waals surface area (Å²) in [7, 11) is 0. The topological polar surface area (TPSA) is 83.6 Å². The molecule has 1 aliphatic heterocycles. The molecule has 3 amide bonds. The number of pyridine rings is 1. The summed E-state index contributed by atoms with van der Waals surface area (Å²) in [6, 6.07) is 15.5. The number of amides is 3. The van der Waals surface area contributed by atoms with E-state index in [9.17, 15) is 9.59 Å². The van der Waals surface area contributed by atoms with Crippen molar-refractivity contribution in [3.63, 3.8) is 0 Å². The van der Waals surface area contributed by atoms with E-state index in [1.165, 1.54) is 4.90 Å². The van der Waals surface area contributed by atoms with Crippen LogP contribution in [0.3, 0.4) is 0 Å². The first-order chi connectivity index (χ1) is 14.1. The average Bonchev–Trinajstić information content (AvgIpc) is 2.89. The zero-order chi connectivity index (χ0) is 20.2. The standard InChI is InChI=1S/C21H17ClN4O3/c22-15-5-6-19-17(11-15)26(13-14-3-1-2-4-18(14)29-19)21(28)24-12-20(27)25-16-7-9-23-10-8-16/h1-11H,12-13H2,(H,24,28)(H,23,25,27). The molecule has 1 aromatic heterocycles. The van der Waals surface area contributed by atoms with E-state index in [1.807, 2.05) is 24.3 Å². The number of hydrogen-bond donors (Lipinski definition) is 2. The second kappa shape index (κ2) is 8.20. The van der Waals surface area contributed by atoms with Gasteiger partial charge in [0.2, 0.25) is 5.91 Å². The lowest BCUT2D eigenvalue weighted by atomic mass is 10.2. The normalized spacial score (nSPS) is 12.1. The summed E-state index contributed by atoms with van der Waals surface area (Å²) in [6.45, 7) is 0.0946. The Hall–Kier alpha value is -3.58. The zero-order valence-corrected chi connectivity index (χ0v) is 16.0. The fourth-order valence-corrected chi connectivity index (χ4v) is 3.14. The number of halogens is 1. The van der Waals surface area contributed by atoms with Crippen LogP contribution in [0.4, 0.5) is 16.2 Å². The molecule has 0 saturated heterocycles. The number of nitrogens with one attached hydrogen (secondary N) is 2. The predicted molar refractivity (Wildman–Crippen MR) is 110 cm³/mol. The van der Waals surface area contributed by atoms with Crippen LogP contribution >= 0.6 is 11.6 Å². The van der Waals surface area contributed by atoms with Crippen molar-refractivity contribution >= 4 is 34.9 Å². The highest BCUT2D eigenvalue weighted by Gasteiger charge is 2.26. The Morgan fingerprint density at radius 2 is 1.86 bits per heavy atom. The molecule has 2 heterocycles. The van der Waals surface area contributed by atoms with Crippen molar-refractivity contribution in [1.29, 1.82) is 0 Å². The van der Waals surface area contributed by atoms with Gasteiger partial charge in [0.05, 0.1) is 18.8 Å². The minimum Gasteiger partial charge on any atom is -0.455 e. The first-order valence-corrected chi connectivity index (χ1v) is 9.28. The van der Waals surface area contributed by atoms with Gasteiger partial charge in [0.25, 0.3) is 0 Å². The SMILES string of the molecule is O=C(CNC(=O)N1Cc2ccccc2Oc2ccc(Cl)cc21)Nc1ccncc1. The molecule has 0 spiro atoms. The molecule has 8 heteroatoms. The second-order valence-corrected chi connectivity index (χ2v) is 6.79. The molecule has 1 aliphatic rings. The fourth-order valence-electron chi connectivity index (χ4n) is 2.97. The summed E-state index contributed by atoms with van der Waals surface area (Å²) >= 11 is 6.15. The maximum Gasteiger partial charge on any atom is 0.322 e.